The van der Waals surface area contributed by atoms with E-state index in [1.54, 1.807) is 13.2 Å². The second kappa shape index (κ2) is 7.76. The molecule has 7 heteroatoms. The highest BCUT2D eigenvalue weighted by atomic mass is 79.9. The fourth-order valence-corrected chi connectivity index (χ4v) is 2.49. The van der Waals surface area contributed by atoms with Gasteiger partial charge in [-0.3, -0.25) is 4.79 Å². The lowest BCUT2D eigenvalue weighted by Crippen LogP contribution is -2.14. The highest BCUT2D eigenvalue weighted by Crippen LogP contribution is 2.22. The van der Waals surface area contributed by atoms with Crippen LogP contribution in [0.3, 0.4) is 0 Å². The Hall–Kier alpha value is -2.93. The van der Waals surface area contributed by atoms with Gasteiger partial charge in [0.2, 0.25) is 0 Å². The number of carbonyl (C=O) groups is 1. The second-order valence-corrected chi connectivity index (χ2v) is 5.93. The maximum Gasteiger partial charge on any atom is 0.275 e. The van der Waals surface area contributed by atoms with Gasteiger partial charge < -0.3 is 15.4 Å². The number of hydrogen-bond acceptors (Lipinski definition) is 5. The van der Waals surface area contributed by atoms with Crippen molar-refractivity contribution in [3.05, 3.63) is 71.1 Å². The molecule has 0 saturated carbocycles. The third-order valence-corrected chi connectivity index (χ3v) is 4.04. The number of carbonyl (C=O) groups excluding carboxylic acids is 1. The number of nitrogens with zero attached hydrogens (tertiary/aromatic N) is 2. The first kappa shape index (κ1) is 16.9. The van der Waals surface area contributed by atoms with Crippen LogP contribution in [0.15, 0.2) is 65.4 Å². The molecule has 126 valence electrons. The van der Waals surface area contributed by atoms with E-state index in [2.05, 4.69) is 36.5 Å². The van der Waals surface area contributed by atoms with Crippen molar-refractivity contribution in [2.24, 2.45) is 0 Å². The number of hydrogen-bond donors (Lipinski definition) is 2. The lowest BCUT2D eigenvalue weighted by atomic mass is 10.3. The average molecular weight is 399 g/mol. The number of benzene rings is 2. The van der Waals surface area contributed by atoms with Crippen molar-refractivity contribution in [1.29, 1.82) is 0 Å². The summed E-state index contributed by atoms with van der Waals surface area (Å²) in [5.41, 5.74) is 1.72. The Kier molecular flexibility index (Phi) is 5.25. The Morgan fingerprint density at radius 1 is 1.08 bits per heavy atom. The van der Waals surface area contributed by atoms with Gasteiger partial charge in [-0.1, -0.05) is 18.2 Å². The van der Waals surface area contributed by atoms with Crippen LogP contribution in [-0.4, -0.2) is 23.0 Å². The molecule has 1 heterocycles. The molecule has 25 heavy (non-hydrogen) atoms. The first-order valence-corrected chi connectivity index (χ1v) is 8.24. The molecule has 0 spiro atoms. The lowest BCUT2D eigenvalue weighted by molar-refractivity contribution is 0.102. The van der Waals surface area contributed by atoms with Crippen molar-refractivity contribution < 1.29 is 9.53 Å². The Morgan fingerprint density at radius 2 is 1.92 bits per heavy atom. The number of anilines is 3. The van der Waals surface area contributed by atoms with E-state index in [0.717, 1.165) is 15.9 Å². The zero-order chi connectivity index (χ0) is 17.6. The molecule has 0 aliphatic carbocycles. The SMILES string of the molecule is COc1cccc(Nc2cnc(C(=O)Nc3ccccc3Br)cn2)c1. The van der Waals surface area contributed by atoms with Crippen LogP contribution >= 0.6 is 15.9 Å². The molecule has 0 fully saturated rings. The summed E-state index contributed by atoms with van der Waals surface area (Å²) in [6, 6.07) is 14.8. The molecule has 0 bridgehead atoms. The predicted octanol–water partition coefficient (Wildman–Crippen LogP) is 4.24. The maximum absolute atomic E-state index is 12.2. The van der Waals surface area contributed by atoms with Gasteiger partial charge in [-0.25, -0.2) is 9.97 Å². The minimum atomic E-state index is -0.327. The Balaban J connectivity index is 1.69. The highest BCUT2D eigenvalue weighted by molar-refractivity contribution is 9.10. The van der Waals surface area contributed by atoms with Crippen LogP contribution in [0, 0.1) is 0 Å². The third-order valence-electron chi connectivity index (χ3n) is 3.35. The summed E-state index contributed by atoms with van der Waals surface area (Å²) in [7, 11) is 1.61. The Bertz CT molecular complexity index is 884. The van der Waals surface area contributed by atoms with E-state index in [-0.39, 0.29) is 11.6 Å². The fourth-order valence-electron chi connectivity index (χ4n) is 2.11. The number of methoxy groups -OCH3 is 1. The van der Waals surface area contributed by atoms with Crippen LogP contribution in [0.5, 0.6) is 5.75 Å². The molecule has 0 aliphatic rings. The minimum Gasteiger partial charge on any atom is -0.497 e. The minimum absolute atomic E-state index is 0.229. The number of rotatable bonds is 5. The number of halogens is 1. The van der Waals surface area contributed by atoms with Gasteiger partial charge in [0.1, 0.15) is 17.3 Å². The van der Waals surface area contributed by atoms with E-state index in [1.165, 1.54) is 12.4 Å². The molecule has 3 aromatic rings. The van der Waals surface area contributed by atoms with Gasteiger partial charge in [-0.15, -0.1) is 0 Å². The van der Waals surface area contributed by atoms with Crippen molar-refractivity contribution in [3.8, 4) is 5.75 Å². The number of aromatic nitrogens is 2. The standard InChI is InChI=1S/C18H15BrN4O2/c1-25-13-6-4-5-12(9-13)22-17-11-20-16(10-21-17)18(24)23-15-8-3-2-7-14(15)19/h2-11H,1H3,(H,21,22)(H,23,24). The zero-order valence-corrected chi connectivity index (χ0v) is 14.9. The normalized spacial score (nSPS) is 10.2. The summed E-state index contributed by atoms with van der Waals surface area (Å²) in [4.78, 5) is 20.6. The monoisotopic (exact) mass is 398 g/mol. The summed E-state index contributed by atoms with van der Waals surface area (Å²) >= 11 is 3.39. The molecule has 1 aromatic heterocycles. The molecule has 6 nitrogen and oxygen atoms in total. The Morgan fingerprint density at radius 3 is 2.64 bits per heavy atom. The molecule has 0 unspecified atom stereocenters. The molecule has 3 rings (SSSR count). The van der Waals surface area contributed by atoms with Crippen LogP contribution in [-0.2, 0) is 0 Å². The second-order valence-electron chi connectivity index (χ2n) is 5.08. The molecular formula is C18H15BrN4O2. The maximum atomic E-state index is 12.2. The topological polar surface area (TPSA) is 76.1 Å². The van der Waals surface area contributed by atoms with E-state index in [9.17, 15) is 4.79 Å². The number of nitrogens with one attached hydrogen (secondary N) is 2. The van der Waals surface area contributed by atoms with Crippen LogP contribution in [0.4, 0.5) is 17.2 Å². The quantitative estimate of drug-likeness (QED) is 0.671. The van der Waals surface area contributed by atoms with Gasteiger partial charge in [0, 0.05) is 16.2 Å². The number of para-hydroxylation sites is 1. The fraction of sp³-hybridized carbons (Fsp3) is 0.0556. The summed E-state index contributed by atoms with van der Waals surface area (Å²) in [5, 5.41) is 5.90. The van der Waals surface area contributed by atoms with Gasteiger partial charge in [-0.05, 0) is 40.2 Å². The first-order valence-electron chi connectivity index (χ1n) is 7.45. The lowest BCUT2D eigenvalue weighted by Gasteiger charge is -2.08. The van der Waals surface area contributed by atoms with Gasteiger partial charge in [0.25, 0.3) is 5.91 Å². The molecule has 0 saturated heterocycles. The number of ether oxygens (including phenoxy) is 1. The third kappa shape index (κ3) is 4.33. The van der Waals surface area contributed by atoms with Crippen molar-refractivity contribution in [1.82, 2.24) is 9.97 Å². The molecule has 1 amide bonds. The molecule has 0 aliphatic heterocycles. The summed E-state index contributed by atoms with van der Waals surface area (Å²) < 4.78 is 5.98. The largest absolute Gasteiger partial charge is 0.497 e. The average Bonchev–Trinajstić information content (AvgIpc) is 2.64. The summed E-state index contributed by atoms with van der Waals surface area (Å²) in [6.45, 7) is 0. The Labute approximate surface area is 153 Å². The van der Waals surface area contributed by atoms with E-state index in [0.29, 0.717) is 11.5 Å². The molecular weight excluding hydrogens is 384 g/mol. The van der Waals surface area contributed by atoms with Gasteiger partial charge in [0.15, 0.2) is 0 Å². The van der Waals surface area contributed by atoms with Gasteiger partial charge in [0.05, 0.1) is 25.2 Å². The van der Waals surface area contributed by atoms with Gasteiger partial charge in [-0.2, -0.15) is 0 Å². The highest BCUT2D eigenvalue weighted by Gasteiger charge is 2.10. The van der Waals surface area contributed by atoms with Gasteiger partial charge >= 0.3 is 0 Å². The van der Waals surface area contributed by atoms with Crippen molar-refractivity contribution in [2.75, 3.05) is 17.7 Å². The number of amides is 1. The van der Waals surface area contributed by atoms with E-state index in [1.807, 2.05) is 42.5 Å². The summed E-state index contributed by atoms with van der Waals surface area (Å²) in [5.74, 6) is 0.945. The van der Waals surface area contributed by atoms with Crippen LogP contribution in [0.2, 0.25) is 0 Å². The van der Waals surface area contributed by atoms with Crippen molar-refractivity contribution >= 4 is 39.0 Å². The van der Waals surface area contributed by atoms with E-state index >= 15 is 0 Å². The summed E-state index contributed by atoms with van der Waals surface area (Å²) in [6.07, 6.45) is 2.93. The molecule has 0 atom stereocenters. The molecule has 2 N–H and O–H groups in total. The van der Waals surface area contributed by atoms with Crippen molar-refractivity contribution in [2.45, 2.75) is 0 Å². The first-order chi connectivity index (χ1) is 12.2. The molecule has 2 aromatic carbocycles. The zero-order valence-electron chi connectivity index (χ0n) is 13.4. The molecule has 0 radical (unpaired) electrons. The predicted molar refractivity (Wildman–Crippen MR) is 100 cm³/mol. The van der Waals surface area contributed by atoms with Crippen LogP contribution < -0.4 is 15.4 Å². The van der Waals surface area contributed by atoms with Crippen LogP contribution in [0.1, 0.15) is 10.5 Å². The van der Waals surface area contributed by atoms with E-state index < -0.39 is 0 Å². The smallest absolute Gasteiger partial charge is 0.275 e. The van der Waals surface area contributed by atoms with E-state index in [4.69, 9.17) is 4.74 Å². The van der Waals surface area contributed by atoms with Crippen molar-refractivity contribution in [3.63, 3.8) is 0 Å². The van der Waals surface area contributed by atoms with Crippen LogP contribution in [0.25, 0.3) is 0 Å².